The molecule has 7 heteroatoms. The number of carbonyl (C=O) groups is 1. The Morgan fingerprint density at radius 2 is 1.73 bits per heavy atom. The summed E-state index contributed by atoms with van der Waals surface area (Å²) in [5.74, 6) is 0.896. The van der Waals surface area contributed by atoms with Gasteiger partial charge < -0.3 is 26.9 Å². The molecule has 0 aromatic carbocycles. The first kappa shape index (κ1) is 9.08. The van der Waals surface area contributed by atoms with Gasteiger partial charge in [0.15, 0.2) is 11.4 Å². The molecule has 62 valence electrons. The normalized spacial score (nSPS) is 10.7. The van der Waals surface area contributed by atoms with Crippen molar-refractivity contribution in [3.63, 3.8) is 0 Å². The standard InChI is InChI=1S/C4H7N3O4/c5-2(7-6)1(3(8)9)4(10)11/h8-9H,6H2,(H2,5,7)(H,10,11). The minimum absolute atomic E-state index is 0.655. The van der Waals surface area contributed by atoms with Crippen LogP contribution in [-0.4, -0.2) is 27.1 Å². The van der Waals surface area contributed by atoms with Crippen LogP contribution >= 0.6 is 0 Å². The van der Waals surface area contributed by atoms with E-state index in [-0.39, 0.29) is 0 Å². The van der Waals surface area contributed by atoms with Crippen LogP contribution in [-0.2, 0) is 4.79 Å². The Morgan fingerprint density at radius 3 is 1.82 bits per heavy atom. The van der Waals surface area contributed by atoms with Gasteiger partial charge >= 0.3 is 5.97 Å². The van der Waals surface area contributed by atoms with Crippen molar-refractivity contribution in [2.75, 3.05) is 0 Å². The second kappa shape index (κ2) is 3.30. The number of carboxylic acid groups (broad SMARTS) is 1. The predicted molar refractivity (Wildman–Crippen MR) is 35.7 cm³/mol. The fourth-order valence-corrected chi connectivity index (χ4v) is 0.384. The van der Waals surface area contributed by atoms with E-state index in [0.29, 0.717) is 0 Å². The summed E-state index contributed by atoms with van der Waals surface area (Å²) in [4.78, 5) is 10.1. The van der Waals surface area contributed by atoms with Gasteiger partial charge in [-0.2, -0.15) is 5.10 Å². The lowest BCUT2D eigenvalue weighted by Crippen LogP contribution is -2.24. The van der Waals surface area contributed by atoms with Crippen molar-refractivity contribution < 1.29 is 20.1 Å². The molecule has 0 aromatic heterocycles. The van der Waals surface area contributed by atoms with Crippen LogP contribution in [0, 0.1) is 0 Å². The molecule has 0 aliphatic rings. The lowest BCUT2D eigenvalue weighted by atomic mass is 10.3. The van der Waals surface area contributed by atoms with Gasteiger partial charge in [0.05, 0.1) is 0 Å². The Bertz CT molecular complexity index is 227. The maximum Gasteiger partial charge on any atom is 0.346 e. The summed E-state index contributed by atoms with van der Waals surface area (Å²) in [6.45, 7) is 0. The third kappa shape index (κ3) is 2.05. The third-order valence-corrected chi connectivity index (χ3v) is 0.833. The van der Waals surface area contributed by atoms with Crippen LogP contribution in [0.1, 0.15) is 0 Å². The maximum atomic E-state index is 10.1. The van der Waals surface area contributed by atoms with Crippen LogP contribution in [0.15, 0.2) is 16.6 Å². The summed E-state index contributed by atoms with van der Waals surface area (Å²) in [6, 6.07) is 0. The molecule has 7 N–H and O–H groups in total. The molecule has 0 aromatic rings. The third-order valence-electron chi connectivity index (χ3n) is 0.833. The Balaban J connectivity index is 4.95. The Labute approximate surface area is 61.2 Å². The van der Waals surface area contributed by atoms with Gasteiger partial charge in [-0.1, -0.05) is 0 Å². The number of aliphatic hydroxyl groups excluding tert-OH is 1. The summed E-state index contributed by atoms with van der Waals surface area (Å²) in [6.07, 6.45) is 0. The van der Waals surface area contributed by atoms with Gasteiger partial charge in [0.25, 0.3) is 5.95 Å². The zero-order chi connectivity index (χ0) is 9.02. The number of hydrogen-bond acceptors (Lipinski definition) is 5. The molecule has 0 atom stereocenters. The highest BCUT2D eigenvalue weighted by molar-refractivity contribution is 6.17. The van der Waals surface area contributed by atoms with Crippen molar-refractivity contribution in [2.45, 2.75) is 0 Å². The molecule has 0 amide bonds. The number of aliphatic carboxylic acids is 1. The molecular weight excluding hydrogens is 154 g/mol. The quantitative estimate of drug-likeness (QED) is 0.0844. The largest absolute Gasteiger partial charge is 0.480 e. The van der Waals surface area contributed by atoms with E-state index < -0.39 is 23.3 Å². The van der Waals surface area contributed by atoms with Crippen LogP contribution in [0.25, 0.3) is 0 Å². The molecule has 0 bridgehead atoms. The summed E-state index contributed by atoms with van der Waals surface area (Å²) in [7, 11) is 0. The number of nitrogens with two attached hydrogens (primary N) is 2. The van der Waals surface area contributed by atoms with Crippen molar-refractivity contribution in [3.8, 4) is 0 Å². The number of rotatable bonds is 2. The minimum Gasteiger partial charge on any atom is -0.480 e. The highest BCUT2D eigenvalue weighted by atomic mass is 16.5. The SMILES string of the molecule is N/N=C(\N)C(C(=O)O)=C(O)O. The van der Waals surface area contributed by atoms with E-state index in [1.54, 1.807) is 0 Å². The minimum atomic E-state index is -1.61. The molecule has 0 aliphatic carbocycles. The van der Waals surface area contributed by atoms with Crippen molar-refractivity contribution in [2.24, 2.45) is 16.7 Å². The Kier molecular flexibility index (Phi) is 2.72. The number of hydrazone groups is 1. The van der Waals surface area contributed by atoms with Crippen LogP contribution in [0.2, 0.25) is 0 Å². The van der Waals surface area contributed by atoms with Crippen LogP contribution in [0.3, 0.4) is 0 Å². The van der Waals surface area contributed by atoms with E-state index in [2.05, 4.69) is 10.9 Å². The molecule has 7 nitrogen and oxygen atoms in total. The fourth-order valence-electron chi connectivity index (χ4n) is 0.384. The van der Waals surface area contributed by atoms with Crippen molar-refractivity contribution >= 4 is 11.8 Å². The van der Waals surface area contributed by atoms with E-state index >= 15 is 0 Å². The van der Waals surface area contributed by atoms with Crippen LogP contribution in [0.4, 0.5) is 0 Å². The van der Waals surface area contributed by atoms with Crippen molar-refractivity contribution in [1.29, 1.82) is 0 Å². The number of nitrogens with zero attached hydrogens (tertiary/aromatic N) is 1. The van der Waals surface area contributed by atoms with Gasteiger partial charge in [0.2, 0.25) is 0 Å². The van der Waals surface area contributed by atoms with E-state index in [9.17, 15) is 4.79 Å². The summed E-state index contributed by atoms with van der Waals surface area (Å²) in [5.41, 5.74) is 3.96. The number of amidine groups is 1. The second-order valence-corrected chi connectivity index (χ2v) is 1.52. The van der Waals surface area contributed by atoms with Crippen molar-refractivity contribution in [3.05, 3.63) is 11.5 Å². The molecule has 0 saturated heterocycles. The van der Waals surface area contributed by atoms with Gasteiger partial charge in [0.1, 0.15) is 0 Å². The van der Waals surface area contributed by atoms with Gasteiger partial charge in [-0.05, 0) is 0 Å². The van der Waals surface area contributed by atoms with E-state index in [0.717, 1.165) is 0 Å². The van der Waals surface area contributed by atoms with E-state index in [1.807, 2.05) is 0 Å². The first-order valence-electron chi connectivity index (χ1n) is 2.40. The number of hydrogen-bond donors (Lipinski definition) is 5. The zero-order valence-corrected chi connectivity index (χ0v) is 5.35. The first-order chi connectivity index (χ1) is 5.00. The van der Waals surface area contributed by atoms with Crippen LogP contribution < -0.4 is 11.6 Å². The average molecular weight is 161 g/mol. The van der Waals surface area contributed by atoms with Gasteiger partial charge in [-0.3, -0.25) is 0 Å². The van der Waals surface area contributed by atoms with Crippen molar-refractivity contribution in [1.82, 2.24) is 0 Å². The molecule has 11 heavy (non-hydrogen) atoms. The smallest absolute Gasteiger partial charge is 0.346 e. The van der Waals surface area contributed by atoms with Gasteiger partial charge in [0, 0.05) is 0 Å². The summed E-state index contributed by atoms with van der Waals surface area (Å²) >= 11 is 0. The molecule has 0 fully saturated rings. The molecule has 0 aliphatic heterocycles. The first-order valence-corrected chi connectivity index (χ1v) is 2.40. The number of aliphatic hydroxyl groups is 2. The van der Waals surface area contributed by atoms with E-state index in [1.165, 1.54) is 0 Å². The van der Waals surface area contributed by atoms with Crippen LogP contribution in [0.5, 0.6) is 0 Å². The van der Waals surface area contributed by atoms with Gasteiger partial charge in [-0.25, -0.2) is 4.79 Å². The Hall–Kier alpha value is -1.92. The highest BCUT2D eigenvalue weighted by Gasteiger charge is 2.18. The fraction of sp³-hybridized carbons (Fsp3) is 0. The lowest BCUT2D eigenvalue weighted by Gasteiger charge is -1.98. The van der Waals surface area contributed by atoms with E-state index in [4.69, 9.17) is 21.1 Å². The molecular formula is C4H7N3O4. The lowest BCUT2D eigenvalue weighted by molar-refractivity contribution is -0.132. The molecule has 0 unspecified atom stereocenters. The molecule has 0 spiro atoms. The van der Waals surface area contributed by atoms with Gasteiger partial charge in [-0.15, -0.1) is 0 Å². The number of carboxylic acids is 1. The zero-order valence-electron chi connectivity index (χ0n) is 5.35. The summed E-state index contributed by atoms with van der Waals surface area (Å²) < 4.78 is 0. The topological polar surface area (TPSA) is 142 Å². The second-order valence-electron chi connectivity index (χ2n) is 1.52. The molecule has 0 radical (unpaired) electrons. The average Bonchev–Trinajstić information content (AvgIpc) is 1.85. The monoisotopic (exact) mass is 161 g/mol. The summed E-state index contributed by atoms with van der Waals surface area (Å²) in [5, 5.41) is 27.7. The molecule has 0 saturated carbocycles. The Morgan fingerprint density at radius 1 is 1.27 bits per heavy atom. The molecule has 0 heterocycles. The predicted octanol–water partition coefficient (Wildman–Crippen LogP) is -1.37. The molecule has 0 rings (SSSR count). The maximum absolute atomic E-state index is 10.1. The highest BCUT2D eigenvalue weighted by Crippen LogP contribution is 1.97.